The van der Waals surface area contributed by atoms with Crippen LogP contribution in [0.2, 0.25) is 0 Å². The molecule has 8 heteroatoms. The molecule has 0 unspecified atom stereocenters. The van der Waals surface area contributed by atoms with Crippen molar-refractivity contribution in [2.45, 2.75) is 13.8 Å². The predicted molar refractivity (Wildman–Crippen MR) is 117 cm³/mol. The Labute approximate surface area is 179 Å². The van der Waals surface area contributed by atoms with Gasteiger partial charge in [-0.3, -0.25) is 19.3 Å². The van der Waals surface area contributed by atoms with Gasteiger partial charge in [-0.05, 0) is 61.0 Å². The molecule has 3 rings (SSSR count). The maximum Gasteiger partial charge on any atom is 0.294 e. The average Bonchev–Trinajstić information content (AvgIpc) is 2.98. The summed E-state index contributed by atoms with van der Waals surface area (Å²) >= 11 is 0.786. The van der Waals surface area contributed by atoms with E-state index in [0.29, 0.717) is 22.7 Å². The number of amides is 3. The quantitative estimate of drug-likeness (QED) is 0.703. The number of thioether (sulfide) groups is 1. The summed E-state index contributed by atoms with van der Waals surface area (Å²) in [6.45, 7) is 3.41. The Morgan fingerprint density at radius 1 is 1.10 bits per heavy atom. The largest absolute Gasteiger partial charge is 0.497 e. The first-order valence-electron chi connectivity index (χ1n) is 9.17. The van der Waals surface area contributed by atoms with Gasteiger partial charge in [0.25, 0.3) is 11.1 Å². The molecule has 1 aliphatic heterocycles. The number of anilines is 1. The number of hydrogen-bond acceptors (Lipinski definition) is 6. The minimum absolute atomic E-state index is 0.214. The maximum absolute atomic E-state index is 12.8. The van der Waals surface area contributed by atoms with Gasteiger partial charge >= 0.3 is 0 Å². The van der Waals surface area contributed by atoms with Crippen molar-refractivity contribution >= 4 is 40.6 Å². The van der Waals surface area contributed by atoms with E-state index in [1.54, 1.807) is 24.3 Å². The molecule has 0 aliphatic carbocycles. The van der Waals surface area contributed by atoms with Crippen LogP contribution in [-0.2, 0) is 9.59 Å². The van der Waals surface area contributed by atoms with E-state index < -0.39 is 17.1 Å². The zero-order chi connectivity index (χ0) is 21.8. The highest BCUT2D eigenvalue weighted by Gasteiger charge is 2.36. The van der Waals surface area contributed by atoms with E-state index in [0.717, 1.165) is 27.8 Å². The standard InChI is InChI=1S/C22H22N2O5S/c1-13-6-5-7-14(2)20(13)23-19(25)12-24-21(26)18(30-22(24)27)11-15-10-16(28-3)8-9-17(15)29-4/h5-11H,12H2,1-4H3,(H,23,25)/b18-11+. The summed E-state index contributed by atoms with van der Waals surface area (Å²) in [5.41, 5.74) is 3.10. The number of carbonyl (C=O) groups is 3. The van der Waals surface area contributed by atoms with Crippen molar-refractivity contribution in [2.24, 2.45) is 0 Å². The van der Waals surface area contributed by atoms with Crippen LogP contribution in [0, 0.1) is 13.8 Å². The lowest BCUT2D eigenvalue weighted by Crippen LogP contribution is -2.36. The molecule has 2 aromatic carbocycles. The summed E-state index contributed by atoms with van der Waals surface area (Å²) in [5.74, 6) is 0.172. The van der Waals surface area contributed by atoms with E-state index in [-0.39, 0.29) is 11.4 Å². The molecule has 0 aromatic heterocycles. The van der Waals surface area contributed by atoms with Gasteiger partial charge in [0.1, 0.15) is 18.0 Å². The second-order valence-electron chi connectivity index (χ2n) is 6.69. The summed E-state index contributed by atoms with van der Waals surface area (Å²) < 4.78 is 10.5. The maximum atomic E-state index is 12.8. The zero-order valence-corrected chi connectivity index (χ0v) is 18.0. The van der Waals surface area contributed by atoms with Crippen molar-refractivity contribution in [1.82, 2.24) is 4.90 Å². The molecule has 0 spiro atoms. The van der Waals surface area contributed by atoms with Crippen LogP contribution in [0.25, 0.3) is 6.08 Å². The highest BCUT2D eigenvalue weighted by molar-refractivity contribution is 8.18. The molecule has 1 heterocycles. The summed E-state index contributed by atoms with van der Waals surface area (Å²) in [5, 5.41) is 2.30. The van der Waals surface area contributed by atoms with Crippen LogP contribution >= 0.6 is 11.8 Å². The van der Waals surface area contributed by atoms with Crippen molar-refractivity contribution in [3.8, 4) is 11.5 Å². The summed E-state index contributed by atoms with van der Waals surface area (Å²) in [6.07, 6.45) is 1.57. The lowest BCUT2D eigenvalue weighted by atomic mass is 10.1. The molecule has 1 saturated heterocycles. The molecule has 0 saturated carbocycles. The Morgan fingerprint density at radius 2 is 1.80 bits per heavy atom. The molecule has 7 nitrogen and oxygen atoms in total. The topological polar surface area (TPSA) is 84.9 Å². The van der Waals surface area contributed by atoms with Gasteiger partial charge in [-0.1, -0.05) is 18.2 Å². The first-order chi connectivity index (χ1) is 14.3. The van der Waals surface area contributed by atoms with Crippen LogP contribution in [0.1, 0.15) is 16.7 Å². The Morgan fingerprint density at radius 3 is 2.43 bits per heavy atom. The van der Waals surface area contributed by atoms with Gasteiger partial charge in [0.05, 0.1) is 19.1 Å². The number of ether oxygens (including phenoxy) is 2. The number of carbonyl (C=O) groups excluding carboxylic acids is 3. The van der Waals surface area contributed by atoms with E-state index in [9.17, 15) is 14.4 Å². The number of aryl methyl sites for hydroxylation is 2. The van der Waals surface area contributed by atoms with E-state index >= 15 is 0 Å². The van der Waals surface area contributed by atoms with E-state index in [1.165, 1.54) is 14.2 Å². The van der Waals surface area contributed by atoms with Crippen LogP contribution in [0.4, 0.5) is 10.5 Å². The van der Waals surface area contributed by atoms with Gasteiger partial charge in [0.15, 0.2) is 0 Å². The van der Waals surface area contributed by atoms with Gasteiger partial charge in [-0.25, -0.2) is 0 Å². The van der Waals surface area contributed by atoms with Crippen molar-refractivity contribution in [2.75, 3.05) is 26.1 Å². The number of para-hydroxylation sites is 1. The molecule has 0 atom stereocenters. The second-order valence-corrected chi connectivity index (χ2v) is 7.68. The molecular weight excluding hydrogens is 404 g/mol. The third-order valence-corrected chi connectivity index (χ3v) is 5.55. The molecule has 1 fully saturated rings. The Bertz CT molecular complexity index is 1030. The first-order valence-corrected chi connectivity index (χ1v) is 9.99. The highest BCUT2D eigenvalue weighted by Crippen LogP contribution is 2.35. The molecule has 30 heavy (non-hydrogen) atoms. The van der Waals surface area contributed by atoms with Gasteiger partial charge in [-0.2, -0.15) is 0 Å². The fraction of sp³-hybridized carbons (Fsp3) is 0.227. The Balaban J connectivity index is 1.78. The van der Waals surface area contributed by atoms with Crippen molar-refractivity contribution in [3.05, 3.63) is 58.0 Å². The summed E-state index contributed by atoms with van der Waals surface area (Å²) in [4.78, 5) is 38.8. The lowest BCUT2D eigenvalue weighted by molar-refractivity contribution is -0.127. The van der Waals surface area contributed by atoms with Crippen molar-refractivity contribution < 1.29 is 23.9 Å². The fourth-order valence-corrected chi connectivity index (χ4v) is 3.89. The van der Waals surface area contributed by atoms with Crippen molar-refractivity contribution in [3.63, 3.8) is 0 Å². The molecule has 2 aromatic rings. The van der Waals surface area contributed by atoms with Crippen LogP contribution < -0.4 is 14.8 Å². The Hall–Kier alpha value is -3.26. The lowest BCUT2D eigenvalue weighted by Gasteiger charge is -2.15. The highest BCUT2D eigenvalue weighted by atomic mass is 32.2. The number of rotatable bonds is 6. The van der Waals surface area contributed by atoms with E-state index in [2.05, 4.69) is 5.32 Å². The normalized spacial score (nSPS) is 14.9. The third-order valence-electron chi connectivity index (χ3n) is 4.64. The summed E-state index contributed by atoms with van der Waals surface area (Å²) in [6, 6.07) is 10.8. The van der Waals surface area contributed by atoms with Crippen molar-refractivity contribution in [1.29, 1.82) is 0 Å². The molecular formula is C22H22N2O5S. The number of methoxy groups -OCH3 is 2. The minimum atomic E-state index is -0.522. The molecule has 3 amide bonds. The van der Waals surface area contributed by atoms with E-state index in [1.807, 2.05) is 32.0 Å². The SMILES string of the molecule is COc1ccc(OC)c(/C=C2/SC(=O)N(CC(=O)Nc3c(C)cccc3C)C2=O)c1. The molecule has 0 bridgehead atoms. The number of nitrogens with zero attached hydrogens (tertiary/aromatic N) is 1. The average molecular weight is 426 g/mol. The molecule has 1 aliphatic rings. The Kier molecular flexibility index (Phi) is 6.47. The van der Waals surface area contributed by atoms with Crippen LogP contribution in [0.5, 0.6) is 11.5 Å². The number of imide groups is 1. The molecule has 156 valence electrons. The smallest absolute Gasteiger partial charge is 0.294 e. The third kappa shape index (κ3) is 4.49. The second kappa shape index (κ2) is 9.04. The first kappa shape index (κ1) is 21.4. The number of hydrogen-bond donors (Lipinski definition) is 1. The van der Waals surface area contributed by atoms with Gasteiger partial charge < -0.3 is 14.8 Å². The van der Waals surface area contributed by atoms with Crippen LogP contribution in [0.15, 0.2) is 41.3 Å². The number of benzene rings is 2. The van der Waals surface area contributed by atoms with Gasteiger partial charge in [0.2, 0.25) is 5.91 Å². The minimum Gasteiger partial charge on any atom is -0.497 e. The van der Waals surface area contributed by atoms with Gasteiger partial charge in [-0.15, -0.1) is 0 Å². The van der Waals surface area contributed by atoms with E-state index in [4.69, 9.17) is 9.47 Å². The molecule has 0 radical (unpaired) electrons. The molecule has 1 N–H and O–H groups in total. The van der Waals surface area contributed by atoms with Crippen LogP contribution in [0.3, 0.4) is 0 Å². The monoisotopic (exact) mass is 426 g/mol. The van der Waals surface area contributed by atoms with Crippen LogP contribution in [-0.4, -0.2) is 42.7 Å². The number of nitrogens with one attached hydrogen (secondary N) is 1. The fourth-order valence-electron chi connectivity index (χ4n) is 3.06. The predicted octanol–water partition coefficient (Wildman–Crippen LogP) is 4.00. The van der Waals surface area contributed by atoms with Gasteiger partial charge in [0, 0.05) is 11.3 Å². The zero-order valence-electron chi connectivity index (χ0n) is 17.1. The summed E-state index contributed by atoms with van der Waals surface area (Å²) in [7, 11) is 3.05.